The summed E-state index contributed by atoms with van der Waals surface area (Å²) >= 11 is 0. The molecule has 1 aromatic heterocycles. The van der Waals surface area contributed by atoms with Crippen LogP contribution < -0.4 is 131 Å². The highest BCUT2D eigenvalue weighted by Crippen LogP contribution is 2.43. The molecule has 0 aliphatic carbocycles. The van der Waals surface area contributed by atoms with E-state index < -0.39 is 0 Å². The second kappa shape index (κ2) is 15.5. The van der Waals surface area contributed by atoms with E-state index in [1.807, 2.05) is 0 Å². The van der Waals surface area contributed by atoms with Crippen LogP contribution in [0.15, 0.2) is 4.42 Å². The highest BCUT2D eigenvalue weighted by Gasteiger charge is 2.32. The fourth-order valence-electron chi connectivity index (χ4n) is 12.2. The van der Waals surface area contributed by atoms with Crippen molar-refractivity contribution in [3.8, 4) is 33.4 Å². The molecule has 0 amide bonds. The quantitative estimate of drug-likeness (QED) is 0.129. The van der Waals surface area contributed by atoms with Crippen LogP contribution in [0, 0.1) is 0 Å². The van der Waals surface area contributed by atoms with Crippen molar-refractivity contribution in [3.63, 3.8) is 0 Å². The molecule has 0 N–H and O–H groups in total. The van der Waals surface area contributed by atoms with E-state index >= 15 is 0 Å². The first-order valence-electron chi connectivity index (χ1n) is 23.4. The van der Waals surface area contributed by atoms with Gasteiger partial charge in [-0.05, 0) is 60.4 Å². The molecule has 0 aliphatic heterocycles. The molecule has 0 bridgehead atoms. The van der Waals surface area contributed by atoms with Crippen LogP contribution in [-0.2, 0) is 0 Å². The van der Waals surface area contributed by atoms with Gasteiger partial charge in [0.25, 0.3) is 0 Å². The van der Waals surface area contributed by atoms with E-state index in [2.05, 4.69) is 188 Å². The normalized spacial score (nSPS) is 11.7. The third-order valence-corrected chi connectivity index (χ3v) is 18.2. The second-order valence-electron chi connectivity index (χ2n) is 20.3. The lowest BCUT2D eigenvalue weighted by molar-refractivity contribution is 0.675. The molecule has 278 valence electrons. The first kappa shape index (κ1) is 46.0. The smallest absolute Gasteiger partial charge is 0.145 e. The van der Waals surface area contributed by atoms with Crippen molar-refractivity contribution in [3.05, 3.63) is 0 Å². The number of hydrogen-bond acceptors (Lipinski definition) is 1. The second-order valence-corrected chi connectivity index (χ2v) is 20.3. The Hall–Kier alpha value is -3.58. The maximum Gasteiger partial charge on any atom is 0.145 e. The summed E-state index contributed by atoms with van der Waals surface area (Å²) in [7, 11) is 56.4. The molecule has 0 fully saturated rings. The molecule has 0 atom stereocenters. The number of rotatable bonds is 3. The van der Waals surface area contributed by atoms with Gasteiger partial charge < -0.3 is 4.42 Å². The summed E-state index contributed by atoms with van der Waals surface area (Å²) in [6.07, 6.45) is 0. The molecule has 8 rings (SSSR count). The Kier molecular flexibility index (Phi) is 11.3. The van der Waals surface area contributed by atoms with Crippen molar-refractivity contribution < 1.29 is 4.42 Å². The molecule has 63 heavy (non-hydrogen) atoms. The average molecular weight is 780 g/mol. The molecule has 0 aliphatic rings. The van der Waals surface area contributed by atoms with E-state index in [9.17, 15) is 0 Å². The van der Waals surface area contributed by atoms with Gasteiger partial charge in [-0.1, -0.05) is 65.6 Å². The predicted molar refractivity (Wildman–Crippen MR) is 361 cm³/mol. The lowest BCUT2D eigenvalue weighted by Crippen LogP contribution is -2.56. The standard InChI is InChI=1S/C38H48B24O/c39-13-7(8-12-22(48)32(58)35(61)36(62)38(12)63-37(8)23(49)10(13)11-20(46)30(56)34(60)31(57)21(11)47)1-3-5(16(42)26(52)24(50)14(3)40)2(6-4(1)15(41)25(51)27(53)17(6)43)9-18(44)28(54)33(59)29(55)19(9)45/h39-62H2. The van der Waals surface area contributed by atoms with Gasteiger partial charge in [0, 0.05) is 10.8 Å². The van der Waals surface area contributed by atoms with Crippen LogP contribution in [0.3, 0.4) is 0 Å². The summed E-state index contributed by atoms with van der Waals surface area (Å²) in [5.41, 5.74) is 42.9. The minimum absolute atomic E-state index is 1.02. The SMILES string of the molecule is Bc1c(B)c(B)c(-c2c(B)c(-c3c4c(B)c(B)c(B)c(B)c4c(-c4c(B)c(B)c(B)c(B)c4B)c4c(B)c(B)c(B)c(B)c34)c3c(oc4c(B)c(B)c(B)c(B)c43)c2B)c(B)c1B. The Morgan fingerprint density at radius 2 is 0.365 bits per heavy atom. The largest absolute Gasteiger partial charge is 0.457 e. The summed E-state index contributed by atoms with van der Waals surface area (Å²) in [6.45, 7) is 0. The van der Waals surface area contributed by atoms with Gasteiger partial charge in [-0.2, -0.15) is 0 Å². The van der Waals surface area contributed by atoms with Crippen molar-refractivity contribution in [2.24, 2.45) is 0 Å². The van der Waals surface area contributed by atoms with Gasteiger partial charge in [0.2, 0.25) is 0 Å². The number of benzene rings is 7. The highest BCUT2D eigenvalue weighted by molar-refractivity contribution is 6.76. The Bertz CT molecular complexity index is 3360. The van der Waals surface area contributed by atoms with Gasteiger partial charge in [0.15, 0.2) is 0 Å². The molecule has 8 aromatic rings. The van der Waals surface area contributed by atoms with Crippen LogP contribution in [0.4, 0.5) is 0 Å². The maximum absolute atomic E-state index is 7.45. The van der Waals surface area contributed by atoms with Crippen LogP contribution in [0.2, 0.25) is 0 Å². The summed E-state index contributed by atoms with van der Waals surface area (Å²) < 4.78 is 7.45. The van der Waals surface area contributed by atoms with Crippen LogP contribution in [0.1, 0.15) is 0 Å². The van der Waals surface area contributed by atoms with E-state index in [4.69, 9.17) is 4.42 Å². The first-order chi connectivity index (χ1) is 29.3. The van der Waals surface area contributed by atoms with Gasteiger partial charge in [-0.25, -0.2) is 0 Å². The summed E-state index contributed by atoms with van der Waals surface area (Å²) in [5.74, 6) is 0. The van der Waals surface area contributed by atoms with Crippen LogP contribution >= 0.6 is 0 Å². The number of furan rings is 1. The van der Waals surface area contributed by atoms with E-state index in [1.165, 1.54) is 197 Å². The molecule has 25 heteroatoms. The topological polar surface area (TPSA) is 13.1 Å². The van der Waals surface area contributed by atoms with Crippen LogP contribution in [0.5, 0.6) is 0 Å². The number of fused-ring (bicyclic) bond motifs is 5. The minimum atomic E-state index is 1.02. The summed E-state index contributed by atoms with van der Waals surface area (Å²) in [4.78, 5) is 0. The monoisotopic (exact) mass is 785 g/mol. The Balaban J connectivity index is 1.85. The predicted octanol–water partition coefficient (Wildman–Crippen LogP) is -30.9. The zero-order chi connectivity index (χ0) is 46.6. The van der Waals surface area contributed by atoms with Gasteiger partial charge >= 0.3 is 0 Å². The van der Waals surface area contributed by atoms with Gasteiger partial charge in [-0.3, -0.25) is 0 Å². The van der Waals surface area contributed by atoms with Crippen molar-refractivity contribution in [1.82, 2.24) is 0 Å². The molecule has 0 radical (unpaired) electrons. The molecule has 7 aromatic carbocycles. The van der Waals surface area contributed by atoms with Crippen molar-refractivity contribution in [2.45, 2.75) is 0 Å². The Morgan fingerprint density at radius 1 is 0.143 bits per heavy atom. The Morgan fingerprint density at radius 3 is 0.714 bits per heavy atom. The molecule has 0 spiro atoms. The van der Waals surface area contributed by atoms with E-state index in [0.717, 1.165) is 11.2 Å². The highest BCUT2D eigenvalue weighted by atomic mass is 16.3. The van der Waals surface area contributed by atoms with Crippen molar-refractivity contribution in [1.29, 1.82) is 0 Å². The fraction of sp³-hybridized carbons (Fsp3) is 0. The zero-order valence-corrected chi connectivity index (χ0v) is 43.4. The molecular weight excluding hydrogens is 732 g/mol. The molecule has 0 unspecified atom stereocenters. The van der Waals surface area contributed by atoms with Crippen molar-refractivity contribution in [2.75, 3.05) is 0 Å². The first-order valence-corrected chi connectivity index (χ1v) is 23.4. The van der Waals surface area contributed by atoms with Crippen molar-refractivity contribution >= 4 is 363 Å². The van der Waals surface area contributed by atoms with Gasteiger partial charge in [0.05, 0.1) is 0 Å². The van der Waals surface area contributed by atoms with Crippen LogP contribution in [-0.4, -0.2) is 188 Å². The Labute approximate surface area is 398 Å². The van der Waals surface area contributed by atoms with E-state index in [-0.39, 0.29) is 0 Å². The molecule has 0 saturated carbocycles. The van der Waals surface area contributed by atoms with Gasteiger partial charge in [-0.15, -0.1) is 60.1 Å². The molecule has 0 saturated heterocycles. The van der Waals surface area contributed by atoms with E-state index in [0.29, 0.717) is 0 Å². The lowest BCUT2D eigenvalue weighted by atomic mass is 9.55. The minimum Gasteiger partial charge on any atom is -0.457 e. The maximum atomic E-state index is 7.45. The molecular formula is C38H48B24O. The summed E-state index contributed by atoms with van der Waals surface area (Å²) in [6, 6.07) is 0. The zero-order valence-electron chi connectivity index (χ0n) is 43.4. The van der Waals surface area contributed by atoms with E-state index in [1.54, 1.807) is 0 Å². The fourth-order valence-corrected chi connectivity index (χ4v) is 12.2. The molecule has 1 heterocycles. The lowest BCUT2D eigenvalue weighted by Gasteiger charge is -2.32. The molecule has 1 nitrogen and oxygen atoms in total. The third kappa shape index (κ3) is 5.97. The third-order valence-electron chi connectivity index (χ3n) is 18.2. The van der Waals surface area contributed by atoms with Gasteiger partial charge in [0.1, 0.15) is 199 Å². The average Bonchev–Trinajstić information content (AvgIpc) is 3.66. The number of hydrogen-bond donors (Lipinski definition) is 0. The van der Waals surface area contributed by atoms with Crippen LogP contribution in [0.25, 0.3) is 76.9 Å². The summed E-state index contributed by atoms with van der Waals surface area (Å²) in [5, 5.41) is 8.09.